The van der Waals surface area contributed by atoms with Crippen molar-refractivity contribution in [2.45, 2.75) is 17.7 Å². The van der Waals surface area contributed by atoms with E-state index < -0.39 is 0 Å². The summed E-state index contributed by atoms with van der Waals surface area (Å²) >= 11 is 1.55. The van der Waals surface area contributed by atoms with Gasteiger partial charge in [-0.1, -0.05) is 43.0 Å². The van der Waals surface area contributed by atoms with Crippen molar-refractivity contribution in [1.82, 2.24) is 4.98 Å². The van der Waals surface area contributed by atoms with Gasteiger partial charge in [0.25, 0.3) is 0 Å². The summed E-state index contributed by atoms with van der Waals surface area (Å²) < 4.78 is 5.48. The van der Waals surface area contributed by atoms with Gasteiger partial charge in [0, 0.05) is 11.8 Å². The molecule has 0 aliphatic carbocycles. The third kappa shape index (κ3) is 4.11. The van der Waals surface area contributed by atoms with Crippen LogP contribution in [0.25, 0.3) is 0 Å². The molecule has 3 nitrogen and oxygen atoms in total. The lowest BCUT2D eigenvalue weighted by molar-refractivity contribution is 0.345. The Bertz CT molecular complexity index is 662. The van der Waals surface area contributed by atoms with Crippen molar-refractivity contribution in [3.05, 3.63) is 65.7 Å². The molecule has 0 bridgehead atoms. The van der Waals surface area contributed by atoms with Crippen molar-refractivity contribution in [2.24, 2.45) is 0 Å². The van der Waals surface area contributed by atoms with E-state index in [0.717, 1.165) is 11.3 Å². The van der Waals surface area contributed by atoms with Gasteiger partial charge in [-0.15, -0.1) is 11.8 Å². The molecule has 4 heteroatoms. The molecule has 0 saturated heterocycles. The second kappa shape index (κ2) is 7.51. The normalized spacial score (nSPS) is 9.90. The van der Waals surface area contributed by atoms with E-state index in [1.54, 1.807) is 23.9 Å². The SMILES string of the molecule is C=CCOc1cc(C)c(C#N)c(SCc2ccccc2)n1. The Hall–Kier alpha value is -2.25. The number of hydrogen-bond acceptors (Lipinski definition) is 4. The lowest BCUT2D eigenvalue weighted by Crippen LogP contribution is -2.00. The Morgan fingerprint density at radius 1 is 1.38 bits per heavy atom. The third-order valence-electron chi connectivity index (χ3n) is 2.84. The maximum atomic E-state index is 9.30. The molecule has 0 radical (unpaired) electrons. The first-order chi connectivity index (χ1) is 10.2. The van der Waals surface area contributed by atoms with Crippen LogP contribution >= 0.6 is 11.8 Å². The summed E-state index contributed by atoms with van der Waals surface area (Å²) in [6, 6.07) is 14.1. The number of pyridine rings is 1. The van der Waals surface area contributed by atoms with Gasteiger partial charge in [0.1, 0.15) is 17.7 Å². The van der Waals surface area contributed by atoms with E-state index in [4.69, 9.17) is 4.74 Å². The van der Waals surface area contributed by atoms with Gasteiger partial charge in [-0.05, 0) is 18.1 Å². The minimum Gasteiger partial charge on any atom is -0.473 e. The fourth-order valence-corrected chi connectivity index (χ4v) is 2.80. The summed E-state index contributed by atoms with van der Waals surface area (Å²) in [6.07, 6.45) is 1.67. The Labute approximate surface area is 129 Å². The Morgan fingerprint density at radius 2 is 2.14 bits per heavy atom. The number of nitrogens with zero attached hydrogens (tertiary/aromatic N) is 2. The molecule has 0 amide bonds. The summed E-state index contributed by atoms with van der Waals surface area (Å²) in [7, 11) is 0. The smallest absolute Gasteiger partial charge is 0.214 e. The number of thioether (sulfide) groups is 1. The van der Waals surface area contributed by atoms with Crippen LogP contribution in [0.3, 0.4) is 0 Å². The molecule has 0 unspecified atom stereocenters. The molecule has 0 aliphatic rings. The number of aromatic nitrogens is 1. The molecule has 1 aromatic heterocycles. The van der Waals surface area contributed by atoms with Crippen molar-refractivity contribution >= 4 is 11.8 Å². The average Bonchev–Trinajstić information content (AvgIpc) is 2.51. The van der Waals surface area contributed by atoms with Crippen LogP contribution in [0.5, 0.6) is 5.88 Å². The van der Waals surface area contributed by atoms with Crippen molar-refractivity contribution < 1.29 is 4.74 Å². The summed E-state index contributed by atoms with van der Waals surface area (Å²) in [5.74, 6) is 1.30. The molecular weight excluding hydrogens is 280 g/mol. The minimum absolute atomic E-state index is 0.404. The van der Waals surface area contributed by atoms with Crippen LogP contribution in [0.2, 0.25) is 0 Å². The third-order valence-corrected chi connectivity index (χ3v) is 3.89. The lowest BCUT2D eigenvalue weighted by atomic mass is 10.2. The average molecular weight is 296 g/mol. The maximum Gasteiger partial charge on any atom is 0.214 e. The van der Waals surface area contributed by atoms with Gasteiger partial charge in [0.05, 0.1) is 5.56 Å². The summed E-state index contributed by atoms with van der Waals surface area (Å²) in [6.45, 7) is 5.92. The molecule has 1 aromatic carbocycles. The molecule has 0 saturated carbocycles. The zero-order chi connectivity index (χ0) is 15.1. The zero-order valence-corrected chi connectivity index (χ0v) is 12.7. The van der Waals surface area contributed by atoms with Gasteiger partial charge in [-0.25, -0.2) is 4.98 Å². The quantitative estimate of drug-likeness (QED) is 0.594. The van der Waals surface area contributed by atoms with Crippen LogP contribution in [-0.4, -0.2) is 11.6 Å². The van der Waals surface area contributed by atoms with Gasteiger partial charge in [0.2, 0.25) is 5.88 Å². The highest BCUT2D eigenvalue weighted by molar-refractivity contribution is 7.98. The molecule has 0 atom stereocenters. The molecule has 21 heavy (non-hydrogen) atoms. The molecule has 0 N–H and O–H groups in total. The Balaban J connectivity index is 2.21. The highest BCUT2D eigenvalue weighted by atomic mass is 32.2. The zero-order valence-electron chi connectivity index (χ0n) is 11.9. The monoisotopic (exact) mass is 296 g/mol. The largest absolute Gasteiger partial charge is 0.473 e. The summed E-state index contributed by atoms with van der Waals surface area (Å²) in [5.41, 5.74) is 2.69. The lowest BCUT2D eigenvalue weighted by Gasteiger charge is -2.09. The number of rotatable bonds is 6. The van der Waals surface area contributed by atoms with E-state index in [1.807, 2.05) is 25.1 Å². The second-order valence-corrected chi connectivity index (χ2v) is 5.41. The maximum absolute atomic E-state index is 9.30. The Morgan fingerprint density at radius 3 is 2.81 bits per heavy atom. The van der Waals surface area contributed by atoms with Crippen LogP contribution in [0, 0.1) is 18.3 Å². The standard InChI is InChI=1S/C17H16N2OS/c1-3-9-20-16-10-13(2)15(11-18)17(19-16)21-12-14-7-5-4-6-8-14/h3-8,10H,1,9,12H2,2H3. The van der Waals surface area contributed by atoms with Gasteiger partial charge in [-0.2, -0.15) is 5.26 Å². The van der Waals surface area contributed by atoms with E-state index in [2.05, 4.69) is 29.8 Å². The molecule has 2 rings (SSSR count). The number of benzene rings is 1. The first-order valence-electron chi connectivity index (χ1n) is 6.56. The highest BCUT2D eigenvalue weighted by Gasteiger charge is 2.11. The predicted octanol–water partition coefficient (Wildman–Crippen LogP) is 4.12. The first-order valence-corrected chi connectivity index (χ1v) is 7.55. The van der Waals surface area contributed by atoms with E-state index in [1.165, 1.54) is 5.56 Å². The van der Waals surface area contributed by atoms with Crippen molar-refractivity contribution in [1.29, 1.82) is 5.26 Å². The van der Waals surface area contributed by atoms with Crippen LogP contribution < -0.4 is 4.74 Å². The van der Waals surface area contributed by atoms with Crippen LogP contribution in [-0.2, 0) is 5.75 Å². The topological polar surface area (TPSA) is 45.9 Å². The molecule has 0 fully saturated rings. The van der Waals surface area contributed by atoms with Crippen LogP contribution in [0.1, 0.15) is 16.7 Å². The number of nitriles is 1. The fourth-order valence-electron chi connectivity index (χ4n) is 1.80. The fraction of sp³-hybridized carbons (Fsp3) is 0.176. The van der Waals surface area contributed by atoms with Crippen molar-refractivity contribution in [3.63, 3.8) is 0 Å². The Kier molecular flexibility index (Phi) is 5.42. The van der Waals surface area contributed by atoms with Gasteiger partial charge in [-0.3, -0.25) is 0 Å². The van der Waals surface area contributed by atoms with Crippen LogP contribution in [0.15, 0.2) is 54.1 Å². The predicted molar refractivity (Wildman–Crippen MR) is 85.4 cm³/mol. The summed E-state index contributed by atoms with van der Waals surface area (Å²) in [4.78, 5) is 4.43. The first kappa shape index (κ1) is 15.1. The van der Waals surface area contributed by atoms with Gasteiger partial charge >= 0.3 is 0 Å². The van der Waals surface area contributed by atoms with Crippen molar-refractivity contribution in [3.8, 4) is 11.9 Å². The van der Waals surface area contributed by atoms with E-state index in [9.17, 15) is 5.26 Å². The van der Waals surface area contributed by atoms with E-state index in [0.29, 0.717) is 23.1 Å². The van der Waals surface area contributed by atoms with E-state index >= 15 is 0 Å². The summed E-state index contributed by atoms with van der Waals surface area (Å²) in [5, 5.41) is 10.0. The molecule has 2 aromatic rings. The number of hydrogen-bond donors (Lipinski definition) is 0. The number of aryl methyl sites for hydroxylation is 1. The molecular formula is C17H16N2OS. The molecule has 0 aliphatic heterocycles. The van der Waals surface area contributed by atoms with Gasteiger partial charge < -0.3 is 4.74 Å². The molecule has 106 valence electrons. The number of ether oxygens (including phenoxy) is 1. The van der Waals surface area contributed by atoms with Crippen LogP contribution in [0.4, 0.5) is 0 Å². The van der Waals surface area contributed by atoms with E-state index in [-0.39, 0.29) is 0 Å². The minimum atomic E-state index is 0.404. The molecule has 1 heterocycles. The van der Waals surface area contributed by atoms with Gasteiger partial charge in [0.15, 0.2) is 0 Å². The van der Waals surface area contributed by atoms with Crippen molar-refractivity contribution in [2.75, 3.05) is 6.61 Å². The molecule has 0 spiro atoms. The highest BCUT2D eigenvalue weighted by Crippen LogP contribution is 2.28. The second-order valence-electron chi connectivity index (χ2n) is 4.44.